The highest BCUT2D eigenvalue weighted by molar-refractivity contribution is 8.45. The molecule has 0 atom stereocenters. The van der Waals surface area contributed by atoms with Crippen LogP contribution < -0.4 is 0 Å². The number of hydrogen-bond acceptors (Lipinski definition) is 27. The van der Waals surface area contributed by atoms with E-state index in [4.69, 9.17) is 0 Å². The van der Waals surface area contributed by atoms with Gasteiger partial charge in [-0.3, -0.25) is 0 Å². The zero-order valence-electron chi connectivity index (χ0n) is 78.9. The fourth-order valence-electron chi connectivity index (χ4n) is 13.0. The molecule has 131 heavy (non-hydrogen) atoms. The van der Waals surface area contributed by atoms with E-state index in [1.165, 1.54) is 246 Å². The molecular formula is C104H128S27. The second-order valence-corrected chi connectivity index (χ2v) is 63.6. The second-order valence-electron chi connectivity index (χ2n) is 31.4. The van der Waals surface area contributed by atoms with Crippen molar-refractivity contribution in [3.8, 4) is 71.0 Å². The lowest BCUT2D eigenvalue weighted by Gasteiger charge is -2.05. The maximum Gasteiger partial charge on any atom is 0.0856 e. The summed E-state index contributed by atoms with van der Waals surface area (Å²) < 4.78 is 23.0. The molecule has 0 saturated carbocycles. The van der Waals surface area contributed by atoms with Crippen LogP contribution in [0, 0.1) is 71.0 Å². The van der Waals surface area contributed by atoms with Crippen molar-refractivity contribution < 1.29 is 0 Å². The quantitative estimate of drug-likeness (QED) is 0.0389. The van der Waals surface area contributed by atoms with Crippen molar-refractivity contribution in [2.24, 2.45) is 0 Å². The summed E-state index contributed by atoms with van der Waals surface area (Å²) in [5.74, 6) is 56.5. The lowest BCUT2D eigenvalue weighted by atomic mass is 9.98. The predicted molar refractivity (Wildman–Crippen MR) is 653 cm³/mol. The minimum atomic E-state index is 0.985. The molecule has 0 bridgehead atoms. The fourth-order valence-corrected chi connectivity index (χ4v) is 50.9. The van der Waals surface area contributed by atoms with Crippen molar-refractivity contribution in [3.05, 3.63) is 171 Å². The molecule has 0 nitrogen and oxygen atoms in total. The fraction of sp³-hybridized carbons (Fsp3) is 0.538. The van der Waals surface area contributed by atoms with E-state index in [0.29, 0.717) is 0 Å². The Labute approximate surface area is 907 Å². The van der Waals surface area contributed by atoms with E-state index < -0.39 is 0 Å². The molecule has 27 heteroatoms. The number of hydrogen-bond donors (Lipinski definition) is 0. The van der Waals surface area contributed by atoms with E-state index >= 15 is 0 Å². The molecular weight excluding hydrogens is 2110 g/mol. The number of allylic oxidation sites excluding steroid dienone is 6. The lowest BCUT2D eigenvalue weighted by molar-refractivity contribution is 0.760. The van der Waals surface area contributed by atoms with Gasteiger partial charge in [-0.05, 0) is 254 Å². The molecule has 0 radical (unpaired) electrons. The molecule has 8 aliphatic heterocycles. The van der Waals surface area contributed by atoms with E-state index in [9.17, 15) is 0 Å². The summed E-state index contributed by atoms with van der Waals surface area (Å²) in [5, 5.41) is 4.63. The highest BCUT2D eigenvalue weighted by Gasteiger charge is 2.35. The van der Waals surface area contributed by atoms with Crippen LogP contribution >= 0.6 is 316 Å². The summed E-state index contributed by atoms with van der Waals surface area (Å²) in [6.45, 7) is 32.5. The maximum absolute atomic E-state index is 4.01. The molecule has 8 aliphatic rings. The summed E-state index contributed by atoms with van der Waals surface area (Å²) in [5.41, 5.74) is 8.51. The topological polar surface area (TPSA) is 0 Å². The Bertz CT molecular complexity index is 4800. The van der Waals surface area contributed by atoms with E-state index in [2.05, 4.69) is 273 Å². The van der Waals surface area contributed by atoms with Crippen LogP contribution in [0.5, 0.6) is 0 Å². The average molecular weight is 2240 g/mol. The van der Waals surface area contributed by atoms with Gasteiger partial charge in [0.2, 0.25) is 0 Å². The van der Waals surface area contributed by atoms with E-state index in [0.717, 1.165) is 178 Å². The molecule has 706 valence electrons. The van der Waals surface area contributed by atoms with Crippen LogP contribution in [0.25, 0.3) is 0 Å². The first-order valence-electron chi connectivity index (χ1n) is 47.6. The largest absolute Gasteiger partial charge is 0.117 e. The number of unbranched alkanes of at least 4 members (excludes halogenated alkanes) is 14. The zero-order valence-corrected chi connectivity index (χ0v) is 101. The monoisotopic (exact) mass is 2240 g/mol. The van der Waals surface area contributed by atoms with Gasteiger partial charge >= 0.3 is 0 Å². The number of thioether (sulfide) groups is 24. The highest BCUT2D eigenvalue weighted by Crippen LogP contribution is 2.68. The van der Waals surface area contributed by atoms with Gasteiger partial charge in [0.15, 0.2) is 0 Å². The Morgan fingerprint density at radius 1 is 0.183 bits per heavy atom. The minimum Gasteiger partial charge on any atom is -0.117 e. The number of thiophene rings is 3. The van der Waals surface area contributed by atoms with Crippen LogP contribution in [0.3, 0.4) is 0 Å². The first-order chi connectivity index (χ1) is 64.4. The molecule has 0 N–H and O–H groups in total. The van der Waals surface area contributed by atoms with Gasteiger partial charge in [0.05, 0.1) is 126 Å². The van der Waals surface area contributed by atoms with Gasteiger partial charge in [-0.2, -0.15) is 0 Å². The van der Waals surface area contributed by atoms with Gasteiger partial charge in [-0.1, -0.05) is 411 Å². The average Bonchev–Trinajstić information content (AvgIpc) is 1.64. The summed E-state index contributed by atoms with van der Waals surface area (Å²) in [7, 11) is 0. The molecule has 0 unspecified atom stereocenters. The lowest BCUT2D eigenvalue weighted by Crippen LogP contribution is -1.95. The number of rotatable bonds is 50. The second kappa shape index (κ2) is 64.6. The first-order valence-corrected chi connectivity index (χ1v) is 71.1. The molecule has 0 fully saturated rings. The Hall–Kier alpha value is 1.74. The van der Waals surface area contributed by atoms with Crippen LogP contribution in [0.4, 0.5) is 0 Å². The van der Waals surface area contributed by atoms with Crippen LogP contribution in [-0.4, -0.2) is 46.0 Å². The van der Waals surface area contributed by atoms with Crippen molar-refractivity contribution in [3.63, 3.8) is 0 Å². The van der Waals surface area contributed by atoms with E-state index in [1.54, 1.807) is 0 Å². The molecule has 0 saturated heterocycles. The van der Waals surface area contributed by atoms with Crippen molar-refractivity contribution in [1.29, 1.82) is 0 Å². The normalized spacial score (nSPS) is 16.3. The van der Waals surface area contributed by atoms with Crippen LogP contribution in [0.2, 0.25) is 0 Å². The van der Waals surface area contributed by atoms with Gasteiger partial charge in [-0.15, -0.1) is 128 Å². The van der Waals surface area contributed by atoms with Crippen molar-refractivity contribution in [2.75, 3.05) is 46.0 Å². The maximum atomic E-state index is 4.01. The predicted octanol–water partition coefficient (Wildman–Crippen LogP) is 42.7. The van der Waals surface area contributed by atoms with Crippen LogP contribution in [0.15, 0.2) is 108 Å². The molecule has 11 heterocycles. The minimum absolute atomic E-state index is 0.985. The summed E-state index contributed by atoms with van der Waals surface area (Å²) in [6.07, 6.45) is 39.2. The molecule has 0 aromatic carbocycles. The molecule has 11 rings (SSSR count). The smallest absolute Gasteiger partial charge is 0.0856 e. The van der Waals surface area contributed by atoms with Crippen LogP contribution in [0.1, 0.15) is 339 Å². The standard InChI is InChI=1S/C104H128S27/c1-15-29-43-73-75(45-31-17-3)81(117-79(73)51-49-71-69-113-97(115-71)99-124-89(105-61-35-21-7)90(125-99)106-62-36-22-8)53-57-85-87(122-101(120-85)103-128-93(109-65-39-25-11)94(129-103)110-66-40-26-12)59-55-83-77(47-33-19-5)78(48-34-20-6)84(119-83)56-60-88-86(121-102(123-88)104-130-95(111-67-41-27-13)96(131-104)112-68-42-28-14)58-54-82-76(46-32-18-4)74(44-30-16-2)80(118-82)52-50-72-70-114-98(116-72)100-126-91(107-63-37-23-9)92(127-100)108-64-38-24-10/h69-70H,15-48,61-68H2,1-14H3. The SMILES string of the molecule is CCCCSC1=C(SCCCC)SC(=C2SC=C(C#Cc3sc(C#CC4=C(C#Cc5sc(C#CC6=C(C#Cc7sc(C#CC8=CSC(=C9SC(SCCCC)=C(SCCCC)S9)S8)c(CCCC)c7CCCC)SC(=C7SC(SCCCC)=C(SCCCC)S7)S6)c(CCCC)c5CCCC)SC(=C5SC(SCCCC)=C(SCCCC)S5)S4)c(CCCC)c3CCCC)S2)S1. The van der Waals surface area contributed by atoms with Crippen molar-refractivity contribution in [2.45, 2.75) is 315 Å². The highest BCUT2D eigenvalue weighted by atomic mass is 32.3. The van der Waals surface area contributed by atoms with Gasteiger partial charge in [0, 0.05) is 0 Å². The van der Waals surface area contributed by atoms with Gasteiger partial charge in [0.25, 0.3) is 0 Å². The van der Waals surface area contributed by atoms with Gasteiger partial charge in [0.1, 0.15) is 0 Å². The third-order valence-corrected chi connectivity index (χ3v) is 58.2. The summed E-state index contributed by atoms with van der Waals surface area (Å²) in [4.78, 5) is 13.7. The molecule has 3 aromatic heterocycles. The summed E-state index contributed by atoms with van der Waals surface area (Å²) >= 11 is 53.2. The third-order valence-electron chi connectivity index (χ3n) is 20.6. The van der Waals surface area contributed by atoms with E-state index in [1.807, 2.05) is 222 Å². The molecule has 3 aromatic rings. The van der Waals surface area contributed by atoms with Gasteiger partial charge < -0.3 is 0 Å². The zero-order chi connectivity index (χ0) is 92.3. The van der Waals surface area contributed by atoms with Crippen LogP contribution in [-0.2, 0) is 38.5 Å². The Kier molecular flexibility index (Phi) is 55.7. The molecule has 0 spiro atoms. The molecule has 0 aliphatic carbocycles. The van der Waals surface area contributed by atoms with Gasteiger partial charge in [-0.25, -0.2) is 0 Å². The third kappa shape index (κ3) is 35.6. The Balaban J connectivity index is 0.988. The molecule has 0 amide bonds. The summed E-state index contributed by atoms with van der Waals surface area (Å²) in [6, 6.07) is 0. The Morgan fingerprint density at radius 3 is 0.534 bits per heavy atom. The van der Waals surface area contributed by atoms with E-state index in [-0.39, 0.29) is 0 Å². The van der Waals surface area contributed by atoms with Crippen molar-refractivity contribution in [1.82, 2.24) is 0 Å². The Morgan fingerprint density at radius 2 is 0.351 bits per heavy atom. The first kappa shape index (κ1) is 113. The van der Waals surface area contributed by atoms with Crippen molar-refractivity contribution >= 4 is 316 Å².